The molecule has 6 N–H and O–H groups in total. The van der Waals surface area contributed by atoms with E-state index in [1.807, 2.05) is 0 Å². The predicted octanol–water partition coefficient (Wildman–Crippen LogP) is 0.750. The number of hydrogen-bond donors (Lipinski definition) is 6. The van der Waals surface area contributed by atoms with Gasteiger partial charge in [-0.15, -0.1) is 5.92 Å². The van der Waals surface area contributed by atoms with Gasteiger partial charge in [0.15, 0.2) is 11.9 Å². The first-order valence-corrected chi connectivity index (χ1v) is 13.5. The second kappa shape index (κ2) is 10.9. The minimum Gasteiger partial charge on any atom is -0.393 e. The molecule has 0 amide bonds. The van der Waals surface area contributed by atoms with Crippen LogP contribution in [0.15, 0.2) is 6.20 Å². The summed E-state index contributed by atoms with van der Waals surface area (Å²) in [7, 11) is -4.98. The number of ether oxygens (including phenoxy) is 2. The number of nitrogens with zero attached hydrogens (tertiary/aromatic N) is 4. The number of halogens is 1. The molecule has 0 bridgehead atoms. The van der Waals surface area contributed by atoms with Crippen molar-refractivity contribution in [3.8, 4) is 11.8 Å². The Kier molecular flexibility index (Phi) is 8.21. The summed E-state index contributed by atoms with van der Waals surface area (Å²) < 4.78 is 24.5. The summed E-state index contributed by atoms with van der Waals surface area (Å²) in [6, 6.07) is 0.248. The van der Waals surface area contributed by atoms with E-state index in [2.05, 4.69) is 32.2 Å². The fraction of sp³-hybridized carbons (Fsp3) is 0.667. The van der Waals surface area contributed by atoms with E-state index in [0.717, 1.165) is 25.7 Å². The van der Waals surface area contributed by atoms with E-state index in [1.54, 1.807) is 0 Å². The molecule has 3 heterocycles. The van der Waals surface area contributed by atoms with Crippen molar-refractivity contribution >= 4 is 36.0 Å². The molecule has 0 radical (unpaired) electrons. The Morgan fingerprint density at radius 1 is 1.31 bits per heavy atom. The Morgan fingerprint density at radius 2 is 2.03 bits per heavy atom. The van der Waals surface area contributed by atoms with Gasteiger partial charge in [-0.2, -0.15) is 15.1 Å². The van der Waals surface area contributed by atoms with Gasteiger partial charge in [0.25, 0.3) is 0 Å². The number of anilines is 1. The molecule has 2 aromatic rings. The molecule has 1 saturated heterocycles. The number of aliphatic hydroxyl groups excluding tert-OH is 3. The van der Waals surface area contributed by atoms with Gasteiger partial charge in [0.2, 0.25) is 10.6 Å². The molecule has 5 atom stereocenters. The smallest absolute Gasteiger partial charge is 0.360 e. The molecule has 2 aromatic heterocycles. The van der Waals surface area contributed by atoms with Crippen LogP contribution >= 0.6 is 19.2 Å². The van der Waals surface area contributed by atoms with Gasteiger partial charge in [-0.05, 0) is 31.4 Å². The summed E-state index contributed by atoms with van der Waals surface area (Å²) in [6.45, 7) is -0.0858. The molecule has 13 nitrogen and oxygen atoms in total. The van der Waals surface area contributed by atoms with Crippen LogP contribution in [-0.2, 0) is 14.0 Å². The molecule has 1 aliphatic heterocycles. The van der Waals surface area contributed by atoms with Gasteiger partial charge in [-0.25, -0.2) is 4.68 Å². The van der Waals surface area contributed by atoms with Gasteiger partial charge in [-0.3, -0.25) is 4.57 Å². The largest absolute Gasteiger partial charge is 0.393 e. The molecule has 1 saturated carbocycles. The zero-order chi connectivity index (χ0) is 26.1. The number of aromatic nitrogens is 4. The summed E-state index contributed by atoms with van der Waals surface area (Å²) in [5, 5.41) is 36.9. The number of rotatable bonds is 9. The van der Waals surface area contributed by atoms with E-state index in [0.29, 0.717) is 11.2 Å². The number of aliphatic hydroxyl groups is 3. The molecule has 15 heteroatoms. The van der Waals surface area contributed by atoms with Crippen molar-refractivity contribution in [3.63, 3.8) is 0 Å². The third-order valence-electron chi connectivity index (χ3n) is 6.54. The fourth-order valence-electron chi connectivity index (χ4n) is 4.42. The van der Waals surface area contributed by atoms with Gasteiger partial charge in [0.1, 0.15) is 24.1 Å². The van der Waals surface area contributed by atoms with Crippen molar-refractivity contribution in [2.45, 2.75) is 75.0 Å². The van der Waals surface area contributed by atoms with E-state index in [1.165, 1.54) is 17.8 Å². The van der Waals surface area contributed by atoms with E-state index in [-0.39, 0.29) is 17.0 Å². The maximum Gasteiger partial charge on any atom is 0.360 e. The van der Waals surface area contributed by atoms with Crippen LogP contribution in [0.1, 0.15) is 45.3 Å². The quantitative estimate of drug-likeness (QED) is 0.147. The highest BCUT2D eigenvalue weighted by atomic mass is 35.5. The molecule has 1 unspecified atom stereocenters. The highest BCUT2D eigenvalue weighted by Crippen LogP contribution is 2.53. The van der Waals surface area contributed by atoms with E-state index in [4.69, 9.17) is 21.1 Å². The van der Waals surface area contributed by atoms with Crippen molar-refractivity contribution in [3.05, 3.63) is 11.5 Å². The average Bonchev–Trinajstić information content (AvgIpc) is 3.55. The van der Waals surface area contributed by atoms with Crippen LogP contribution in [0.4, 0.5) is 5.82 Å². The molecule has 0 aromatic carbocycles. The first kappa shape index (κ1) is 27.2. The lowest BCUT2D eigenvalue weighted by Crippen LogP contribution is -2.41. The topological polar surface area (TPSA) is 192 Å². The van der Waals surface area contributed by atoms with Crippen LogP contribution in [0.2, 0.25) is 5.28 Å². The van der Waals surface area contributed by atoms with Crippen LogP contribution in [-0.4, -0.2) is 87.8 Å². The minimum atomic E-state index is -4.98. The Bertz CT molecular complexity index is 1190. The molecule has 198 valence electrons. The number of hydrogen-bond acceptors (Lipinski definition) is 10. The van der Waals surface area contributed by atoms with Gasteiger partial charge in [-0.1, -0.05) is 18.8 Å². The zero-order valence-electron chi connectivity index (χ0n) is 19.5. The SMILES string of the molecule is CC#CCC(CO)(OC[C@H]1O[C@@H](n2ncc3c(NC4CCCC4)nc(Cl)nc32)[C@H](O)[C@@H]1O)P(=O)(O)O. The van der Waals surface area contributed by atoms with Crippen LogP contribution < -0.4 is 5.32 Å². The Labute approximate surface area is 212 Å². The summed E-state index contributed by atoms with van der Waals surface area (Å²) in [5.74, 6) is 5.51. The summed E-state index contributed by atoms with van der Waals surface area (Å²) >= 11 is 6.15. The lowest BCUT2D eigenvalue weighted by atomic mass is 10.1. The van der Waals surface area contributed by atoms with Gasteiger partial charge in [0, 0.05) is 6.04 Å². The van der Waals surface area contributed by atoms with Crippen molar-refractivity contribution < 1.29 is 39.1 Å². The molecular weight excluding hydrogens is 517 g/mol. The van der Waals surface area contributed by atoms with E-state index >= 15 is 0 Å². The molecule has 36 heavy (non-hydrogen) atoms. The molecular formula is C21H29ClN5O8P. The molecule has 2 fully saturated rings. The summed E-state index contributed by atoms with van der Waals surface area (Å²) in [6.07, 6.45) is -0.0795. The third kappa shape index (κ3) is 5.24. The third-order valence-corrected chi connectivity index (χ3v) is 8.20. The number of nitrogens with one attached hydrogen (secondary N) is 1. The second-order valence-electron chi connectivity index (χ2n) is 8.90. The maximum absolute atomic E-state index is 12.1. The van der Waals surface area contributed by atoms with E-state index in [9.17, 15) is 29.7 Å². The maximum atomic E-state index is 12.1. The highest BCUT2D eigenvalue weighted by molar-refractivity contribution is 7.53. The van der Waals surface area contributed by atoms with Crippen LogP contribution in [0.3, 0.4) is 0 Å². The lowest BCUT2D eigenvalue weighted by molar-refractivity contribution is -0.108. The molecule has 0 spiro atoms. The molecule has 4 rings (SSSR count). The zero-order valence-corrected chi connectivity index (χ0v) is 21.1. The fourth-order valence-corrected chi connectivity index (χ4v) is 5.30. The van der Waals surface area contributed by atoms with Crippen LogP contribution in [0.25, 0.3) is 11.0 Å². The van der Waals surface area contributed by atoms with Gasteiger partial charge in [0.05, 0.1) is 31.2 Å². The van der Waals surface area contributed by atoms with Crippen molar-refractivity contribution in [2.75, 3.05) is 18.5 Å². The van der Waals surface area contributed by atoms with Gasteiger partial charge < -0.3 is 39.9 Å². The Balaban J connectivity index is 1.56. The first-order chi connectivity index (χ1) is 17.1. The average molecular weight is 546 g/mol. The van der Waals surface area contributed by atoms with Crippen molar-refractivity contribution in [1.82, 2.24) is 19.7 Å². The highest BCUT2D eigenvalue weighted by Gasteiger charge is 2.51. The monoisotopic (exact) mass is 545 g/mol. The predicted molar refractivity (Wildman–Crippen MR) is 128 cm³/mol. The summed E-state index contributed by atoms with van der Waals surface area (Å²) in [4.78, 5) is 28.1. The standard InChI is InChI=1S/C21H29ClN5O8P/c1-2-3-8-21(11-28,36(31,32)33)34-10-14-15(29)16(30)19(35-14)27-18-13(9-23-27)17(25-20(22)26-18)24-12-6-4-5-7-12/h9,12,14-16,19,28-30H,4-8,10-11H2,1H3,(H,24,25,26)(H2,31,32,33)/t14-,15-,16-,19-,21?/m1/s1. The molecule has 1 aliphatic carbocycles. The first-order valence-electron chi connectivity index (χ1n) is 11.5. The Hall–Kier alpha value is -1.85. The molecule has 2 aliphatic rings. The van der Waals surface area contributed by atoms with Crippen molar-refractivity contribution in [2.24, 2.45) is 0 Å². The lowest BCUT2D eigenvalue weighted by Gasteiger charge is -2.32. The van der Waals surface area contributed by atoms with Gasteiger partial charge >= 0.3 is 7.60 Å². The van der Waals surface area contributed by atoms with E-state index < -0.39 is 57.1 Å². The van der Waals surface area contributed by atoms with Crippen LogP contribution in [0.5, 0.6) is 0 Å². The number of fused-ring (bicyclic) bond motifs is 1. The minimum absolute atomic E-state index is 0.0379. The van der Waals surface area contributed by atoms with Crippen molar-refractivity contribution in [1.29, 1.82) is 0 Å². The van der Waals surface area contributed by atoms with Crippen LogP contribution in [0, 0.1) is 11.8 Å². The normalized spacial score (nSPS) is 26.6. The Morgan fingerprint density at radius 3 is 2.67 bits per heavy atom. The second-order valence-corrected chi connectivity index (χ2v) is 11.1. The summed E-state index contributed by atoms with van der Waals surface area (Å²) in [5.41, 5.74) is 0.270.